The van der Waals surface area contributed by atoms with Crippen molar-refractivity contribution in [1.82, 2.24) is 20.1 Å². The van der Waals surface area contributed by atoms with Crippen molar-refractivity contribution in [1.29, 1.82) is 0 Å². The molecule has 3 rings (SSSR count). The number of nitrogens with one attached hydrogen (secondary N) is 1. The van der Waals surface area contributed by atoms with Crippen molar-refractivity contribution < 1.29 is 23.7 Å². The molecule has 186 valence electrons. The van der Waals surface area contributed by atoms with E-state index in [2.05, 4.69) is 15.5 Å². The zero-order valence-electron chi connectivity index (χ0n) is 20.3. The highest BCUT2D eigenvalue weighted by molar-refractivity contribution is 7.99. The molecule has 0 fully saturated rings. The number of methoxy groups -OCH3 is 3. The van der Waals surface area contributed by atoms with Gasteiger partial charge in [0.1, 0.15) is 11.5 Å². The van der Waals surface area contributed by atoms with Crippen LogP contribution in [0.1, 0.15) is 18.3 Å². The summed E-state index contributed by atoms with van der Waals surface area (Å²) >= 11 is 1.56. The number of benzene rings is 2. The molecule has 0 radical (unpaired) electrons. The Hall–Kier alpha value is -3.66. The van der Waals surface area contributed by atoms with Gasteiger partial charge in [-0.3, -0.25) is 4.79 Å². The van der Waals surface area contributed by atoms with Crippen LogP contribution in [0.15, 0.2) is 53.7 Å². The van der Waals surface area contributed by atoms with Crippen molar-refractivity contribution in [3.8, 4) is 23.0 Å². The van der Waals surface area contributed by atoms with Crippen LogP contribution in [-0.2, 0) is 17.9 Å². The molecule has 2 aromatic carbocycles. The van der Waals surface area contributed by atoms with E-state index in [4.69, 9.17) is 18.9 Å². The number of hydrogen-bond acceptors (Lipinski definition) is 8. The highest BCUT2D eigenvalue weighted by atomic mass is 32.2. The van der Waals surface area contributed by atoms with Crippen molar-refractivity contribution in [2.75, 3.05) is 33.7 Å². The first kappa shape index (κ1) is 26.0. The number of carbonyl (C=O) groups is 1. The van der Waals surface area contributed by atoms with E-state index in [0.717, 1.165) is 22.2 Å². The fourth-order valence-electron chi connectivity index (χ4n) is 3.19. The lowest BCUT2D eigenvalue weighted by Gasteiger charge is -2.09. The van der Waals surface area contributed by atoms with Gasteiger partial charge in [0.2, 0.25) is 5.91 Å². The van der Waals surface area contributed by atoms with Crippen molar-refractivity contribution in [2.45, 2.75) is 25.2 Å². The molecule has 0 aliphatic carbocycles. The lowest BCUT2D eigenvalue weighted by molar-refractivity contribution is -0.116. The van der Waals surface area contributed by atoms with Crippen LogP contribution in [0.5, 0.6) is 23.0 Å². The number of rotatable bonds is 13. The van der Waals surface area contributed by atoms with Crippen LogP contribution in [-0.4, -0.2) is 54.4 Å². The molecule has 3 aromatic rings. The Morgan fingerprint density at radius 2 is 1.74 bits per heavy atom. The Balaban J connectivity index is 1.48. The van der Waals surface area contributed by atoms with Gasteiger partial charge < -0.3 is 28.8 Å². The molecule has 0 atom stereocenters. The van der Waals surface area contributed by atoms with E-state index in [1.807, 2.05) is 41.8 Å². The van der Waals surface area contributed by atoms with Gasteiger partial charge >= 0.3 is 0 Å². The first-order valence-corrected chi connectivity index (χ1v) is 12.1. The van der Waals surface area contributed by atoms with Crippen molar-refractivity contribution in [3.05, 3.63) is 59.9 Å². The zero-order valence-corrected chi connectivity index (χ0v) is 21.1. The second-order valence-electron chi connectivity index (χ2n) is 7.18. The Kier molecular flexibility index (Phi) is 9.85. The monoisotopic (exact) mass is 498 g/mol. The fourth-order valence-corrected chi connectivity index (χ4v) is 4.03. The molecule has 0 bridgehead atoms. The summed E-state index contributed by atoms with van der Waals surface area (Å²) in [5.74, 6) is 3.99. The molecule has 1 N–H and O–H groups in total. The molecular weight excluding hydrogens is 468 g/mol. The predicted octanol–water partition coefficient (Wildman–Crippen LogP) is 3.82. The van der Waals surface area contributed by atoms with E-state index < -0.39 is 0 Å². The van der Waals surface area contributed by atoms with Gasteiger partial charge in [-0.25, -0.2) is 0 Å². The summed E-state index contributed by atoms with van der Waals surface area (Å²) in [5.41, 5.74) is 0.824. The molecule has 0 spiro atoms. The van der Waals surface area contributed by atoms with Crippen molar-refractivity contribution in [3.63, 3.8) is 0 Å². The number of aromatic nitrogens is 3. The van der Waals surface area contributed by atoms with Crippen LogP contribution in [0.2, 0.25) is 0 Å². The molecule has 35 heavy (non-hydrogen) atoms. The van der Waals surface area contributed by atoms with Gasteiger partial charge in [-0.15, -0.1) is 10.2 Å². The molecule has 0 unspecified atom stereocenters. The Bertz CT molecular complexity index is 1130. The predicted molar refractivity (Wildman–Crippen MR) is 135 cm³/mol. The minimum absolute atomic E-state index is 0.229. The summed E-state index contributed by atoms with van der Waals surface area (Å²) in [6, 6.07) is 12.9. The summed E-state index contributed by atoms with van der Waals surface area (Å²) in [6.45, 7) is 3.52. The van der Waals surface area contributed by atoms with Crippen molar-refractivity contribution in [2.24, 2.45) is 0 Å². The number of thioether (sulfide) groups is 1. The van der Waals surface area contributed by atoms with Gasteiger partial charge in [0, 0.05) is 18.4 Å². The lowest BCUT2D eigenvalue weighted by Crippen LogP contribution is -2.22. The Morgan fingerprint density at radius 1 is 1.00 bits per heavy atom. The van der Waals surface area contributed by atoms with Crippen LogP contribution in [0, 0.1) is 0 Å². The quantitative estimate of drug-likeness (QED) is 0.216. The topological polar surface area (TPSA) is 96.7 Å². The average Bonchev–Trinajstić information content (AvgIpc) is 3.30. The van der Waals surface area contributed by atoms with E-state index >= 15 is 0 Å². The molecule has 0 aliphatic rings. The Labute approximate surface area is 209 Å². The van der Waals surface area contributed by atoms with E-state index in [9.17, 15) is 4.79 Å². The first-order chi connectivity index (χ1) is 17.1. The van der Waals surface area contributed by atoms with Crippen LogP contribution < -0.4 is 24.3 Å². The van der Waals surface area contributed by atoms with E-state index in [1.165, 1.54) is 6.08 Å². The molecule has 9 nitrogen and oxygen atoms in total. The van der Waals surface area contributed by atoms with E-state index in [-0.39, 0.29) is 12.5 Å². The zero-order chi connectivity index (χ0) is 25.0. The number of nitrogens with zero attached hydrogens (tertiary/aromatic N) is 3. The number of amides is 1. The molecule has 10 heteroatoms. The van der Waals surface area contributed by atoms with Gasteiger partial charge in [-0.1, -0.05) is 17.8 Å². The van der Waals surface area contributed by atoms with E-state index in [0.29, 0.717) is 36.2 Å². The first-order valence-electron chi connectivity index (χ1n) is 11.1. The summed E-state index contributed by atoms with van der Waals surface area (Å²) in [4.78, 5) is 12.3. The number of ether oxygens (including phenoxy) is 4. The largest absolute Gasteiger partial charge is 0.497 e. The maximum atomic E-state index is 12.3. The van der Waals surface area contributed by atoms with Crippen LogP contribution in [0.25, 0.3) is 6.08 Å². The minimum atomic E-state index is -0.229. The highest BCUT2D eigenvalue weighted by Crippen LogP contribution is 2.28. The molecule has 1 heterocycles. The van der Waals surface area contributed by atoms with Gasteiger partial charge in [0.15, 0.2) is 22.5 Å². The minimum Gasteiger partial charge on any atom is -0.497 e. The standard InChI is InChI=1S/C25H30N4O5S/c1-5-29-23(17-26-24(30)13-7-18-6-12-21(32-3)22(16-18)33-4)27-28-25(29)35-15-14-34-20-10-8-19(31-2)9-11-20/h6-13,16H,5,14-15,17H2,1-4H3,(H,26,30)/b13-7+. The molecule has 0 aliphatic heterocycles. The smallest absolute Gasteiger partial charge is 0.244 e. The summed E-state index contributed by atoms with van der Waals surface area (Å²) < 4.78 is 23.4. The van der Waals surface area contributed by atoms with Crippen LogP contribution >= 0.6 is 11.8 Å². The Morgan fingerprint density at radius 3 is 2.43 bits per heavy atom. The average molecular weight is 499 g/mol. The molecule has 0 saturated heterocycles. The van der Waals surface area contributed by atoms with Gasteiger partial charge in [-0.05, 0) is 55.0 Å². The fraction of sp³-hybridized carbons (Fsp3) is 0.320. The maximum absolute atomic E-state index is 12.3. The molecular formula is C25H30N4O5S. The third-order valence-electron chi connectivity index (χ3n) is 5.01. The van der Waals surface area contributed by atoms with Crippen LogP contribution in [0.3, 0.4) is 0 Å². The SMILES string of the molecule is CCn1c(CNC(=O)/C=C/c2ccc(OC)c(OC)c2)nnc1SCCOc1ccc(OC)cc1. The summed E-state index contributed by atoms with van der Waals surface area (Å²) in [6.07, 6.45) is 3.19. The van der Waals surface area contributed by atoms with Gasteiger partial charge in [0.25, 0.3) is 0 Å². The maximum Gasteiger partial charge on any atom is 0.244 e. The van der Waals surface area contributed by atoms with Gasteiger partial charge in [-0.2, -0.15) is 0 Å². The van der Waals surface area contributed by atoms with Gasteiger partial charge in [0.05, 0.1) is 34.5 Å². The highest BCUT2D eigenvalue weighted by Gasteiger charge is 2.12. The summed E-state index contributed by atoms with van der Waals surface area (Å²) in [7, 11) is 4.78. The third-order valence-corrected chi connectivity index (χ3v) is 5.94. The molecule has 0 saturated carbocycles. The van der Waals surface area contributed by atoms with Crippen LogP contribution in [0.4, 0.5) is 0 Å². The second kappa shape index (κ2) is 13.3. The normalized spacial score (nSPS) is 10.9. The molecule has 1 amide bonds. The second-order valence-corrected chi connectivity index (χ2v) is 8.24. The third kappa shape index (κ3) is 7.41. The number of hydrogen-bond donors (Lipinski definition) is 1. The summed E-state index contributed by atoms with van der Waals surface area (Å²) in [5, 5.41) is 12.2. The number of carbonyl (C=O) groups excluding carboxylic acids is 1. The van der Waals surface area contributed by atoms with Crippen molar-refractivity contribution >= 4 is 23.7 Å². The lowest BCUT2D eigenvalue weighted by atomic mass is 10.2. The van der Waals surface area contributed by atoms with E-state index in [1.54, 1.807) is 51.3 Å². The molecule has 1 aromatic heterocycles.